The monoisotopic (exact) mass is 351 g/mol. The Morgan fingerprint density at radius 1 is 1.15 bits per heavy atom. The van der Waals surface area contributed by atoms with Crippen LogP contribution in [0.4, 0.5) is 0 Å². The molecule has 2 aliphatic heterocycles. The van der Waals surface area contributed by atoms with E-state index in [1.54, 1.807) is 49.4 Å². The second kappa shape index (κ2) is 6.29. The molecule has 0 bridgehead atoms. The van der Waals surface area contributed by atoms with E-state index < -0.39 is 0 Å². The van der Waals surface area contributed by atoms with Crippen LogP contribution >= 0.6 is 0 Å². The molecule has 0 spiro atoms. The smallest absolute Gasteiger partial charge is 0.338 e. The summed E-state index contributed by atoms with van der Waals surface area (Å²) < 4.78 is 10.9. The van der Waals surface area contributed by atoms with Gasteiger partial charge in [0.1, 0.15) is 11.9 Å². The van der Waals surface area contributed by atoms with Gasteiger partial charge in [0.05, 0.1) is 29.8 Å². The van der Waals surface area contributed by atoms with Crippen molar-refractivity contribution in [1.82, 2.24) is 4.90 Å². The van der Waals surface area contributed by atoms with E-state index in [4.69, 9.17) is 9.47 Å². The largest absolute Gasteiger partial charge is 0.488 e. The van der Waals surface area contributed by atoms with Crippen LogP contribution in [0.1, 0.15) is 43.6 Å². The third-order valence-corrected chi connectivity index (χ3v) is 4.58. The van der Waals surface area contributed by atoms with Gasteiger partial charge in [-0.25, -0.2) is 4.79 Å². The summed E-state index contributed by atoms with van der Waals surface area (Å²) in [5, 5.41) is 0. The van der Waals surface area contributed by atoms with Crippen molar-refractivity contribution in [3.63, 3.8) is 0 Å². The third-order valence-electron chi connectivity index (χ3n) is 4.58. The van der Waals surface area contributed by atoms with Crippen LogP contribution in [0.5, 0.6) is 5.75 Å². The van der Waals surface area contributed by atoms with Gasteiger partial charge in [0.25, 0.3) is 11.8 Å². The van der Waals surface area contributed by atoms with Gasteiger partial charge in [-0.3, -0.25) is 14.5 Å². The number of ether oxygens (including phenoxy) is 2. The van der Waals surface area contributed by atoms with Crippen LogP contribution in [0.2, 0.25) is 0 Å². The van der Waals surface area contributed by atoms with Crippen molar-refractivity contribution >= 4 is 17.8 Å². The van der Waals surface area contributed by atoms with Gasteiger partial charge in [-0.05, 0) is 42.8 Å². The first-order valence-electron chi connectivity index (χ1n) is 8.50. The molecule has 1 unspecified atom stereocenters. The van der Waals surface area contributed by atoms with Gasteiger partial charge < -0.3 is 9.47 Å². The van der Waals surface area contributed by atoms with Crippen LogP contribution in [0.15, 0.2) is 42.5 Å². The summed E-state index contributed by atoms with van der Waals surface area (Å²) in [6.07, 6.45) is 0.195. The average Bonchev–Trinajstić information content (AvgIpc) is 3.16. The van der Waals surface area contributed by atoms with E-state index in [-0.39, 0.29) is 30.4 Å². The van der Waals surface area contributed by atoms with Gasteiger partial charge in [-0.1, -0.05) is 12.1 Å². The second-order valence-electron chi connectivity index (χ2n) is 6.25. The van der Waals surface area contributed by atoms with Crippen LogP contribution < -0.4 is 4.74 Å². The van der Waals surface area contributed by atoms with E-state index in [1.165, 1.54) is 4.90 Å². The van der Waals surface area contributed by atoms with Crippen molar-refractivity contribution < 1.29 is 23.9 Å². The SMILES string of the molecule is CCOC(=O)c1ccc2c(c1)CC(CN1C(=O)c3ccccc3C1=O)O2. The Labute approximate surface area is 150 Å². The van der Waals surface area contributed by atoms with Gasteiger partial charge in [0, 0.05) is 6.42 Å². The van der Waals surface area contributed by atoms with Crippen molar-refractivity contribution in [1.29, 1.82) is 0 Å². The molecule has 6 nitrogen and oxygen atoms in total. The van der Waals surface area contributed by atoms with E-state index in [9.17, 15) is 14.4 Å². The van der Waals surface area contributed by atoms with Crippen LogP contribution in [0.25, 0.3) is 0 Å². The molecule has 2 aromatic rings. The number of amides is 2. The molecule has 2 aromatic carbocycles. The molecule has 0 N–H and O–H groups in total. The lowest BCUT2D eigenvalue weighted by atomic mass is 10.1. The first-order valence-corrected chi connectivity index (χ1v) is 8.50. The standard InChI is InChI=1S/C20H17NO5/c1-2-25-20(24)12-7-8-17-13(9-12)10-14(26-17)11-21-18(22)15-5-3-4-6-16(15)19(21)23/h3-9,14H,2,10-11H2,1H3. The predicted molar refractivity (Wildman–Crippen MR) is 92.3 cm³/mol. The van der Waals surface area contributed by atoms with Gasteiger partial charge in [0.15, 0.2) is 0 Å². The summed E-state index contributed by atoms with van der Waals surface area (Å²) in [7, 11) is 0. The number of hydrogen-bond acceptors (Lipinski definition) is 5. The van der Waals surface area contributed by atoms with Crippen molar-refractivity contribution in [3.8, 4) is 5.75 Å². The summed E-state index contributed by atoms with van der Waals surface area (Å²) in [5.74, 6) is -0.298. The topological polar surface area (TPSA) is 72.9 Å². The fourth-order valence-electron chi connectivity index (χ4n) is 3.37. The number of carbonyl (C=O) groups excluding carboxylic acids is 3. The molecular weight excluding hydrogens is 334 g/mol. The molecule has 26 heavy (non-hydrogen) atoms. The molecule has 6 heteroatoms. The number of benzene rings is 2. The third kappa shape index (κ3) is 2.63. The van der Waals surface area contributed by atoms with Gasteiger partial charge in [0.2, 0.25) is 0 Å². The number of hydrogen-bond donors (Lipinski definition) is 0. The number of carbonyl (C=O) groups is 3. The lowest BCUT2D eigenvalue weighted by molar-refractivity contribution is 0.0524. The summed E-state index contributed by atoms with van der Waals surface area (Å²) in [6, 6.07) is 11.9. The fourth-order valence-corrected chi connectivity index (χ4v) is 3.37. The lowest BCUT2D eigenvalue weighted by Gasteiger charge is -2.18. The number of fused-ring (bicyclic) bond motifs is 2. The Balaban J connectivity index is 1.49. The van der Waals surface area contributed by atoms with Crippen LogP contribution in [-0.4, -0.2) is 41.9 Å². The van der Waals surface area contributed by atoms with Crippen LogP contribution in [0, 0.1) is 0 Å². The summed E-state index contributed by atoms with van der Waals surface area (Å²) >= 11 is 0. The summed E-state index contributed by atoms with van der Waals surface area (Å²) in [4.78, 5) is 38.0. The minimum atomic E-state index is -0.376. The summed E-state index contributed by atoms with van der Waals surface area (Å²) in [5.41, 5.74) is 2.20. The molecule has 1 atom stereocenters. The Bertz CT molecular complexity index is 885. The van der Waals surface area contributed by atoms with Crippen LogP contribution in [0.3, 0.4) is 0 Å². The molecule has 4 rings (SSSR count). The zero-order valence-corrected chi connectivity index (χ0v) is 14.2. The highest BCUT2D eigenvalue weighted by Crippen LogP contribution is 2.31. The molecule has 2 heterocycles. The van der Waals surface area contributed by atoms with Crippen molar-refractivity contribution in [2.75, 3.05) is 13.2 Å². The zero-order valence-electron chi connectivity index (χ0n) is 14.2. The molecule has 0 saturated carbocycles. The quantitative estimate of drug-likeness (QED) is 0.625. The molecule has 0 saturated heterocycles. The minimum Gasteiger partial charge on any atom is -0.488 e. The van der Waals surface area contributed by atoms with Gasteiger partial charge in [-0.15, -0.1) is 0 Å². The number of imide groups is 1. The highest BCUT2D eigenvalue weighted by molar-refractivity contribution is 6.21. The fraction of sp³-hybridized carbons (Fsp3) is 0.250. The molecule has 0 aliphatic carbocycles. The van der Waals surface area contributed by atoms with Crippen molar-refractivity contribution in [3.05, 3.63) is 64.7 Å². The molecule has 2 aliphatic rings. The number of esters is 1. The summed E-state index contributed by atoms with van der Waals surface area (Å²) in [6.45, 7) is 2.25. The minimum absolute atomic E-state index is 0.176. The highest BCUT2D eigenvalue weighted by atomic mass is 16.5. The normalized spacial score (nSPS) is 17.7. The first-order chi connectivity index (χ1) is 12.6. The highest BCUT2D eigenvalue weighted by Gasteiger charge is 2.38. The maximum absolute atomic E-state index is 12.5. The Morgan fingerprint density at radius 2 is 1.85 bits per heavy atom. The Hall–Kier alpha value is -3.15. The van der Waals surface area contributed by atoms with E-state index in [0.717, 1.165) is 5.56 Å². The van der Waals surface area contributed by atoms with E-state index in [0.29, 0.717) is 35.5 Å². The van der Waals surface area contributed by atoms with Crippen LogP contribution in [-0.2, 0) is 11.2 Å². The zero-order chi connectivity index (χ0) is 18.3. The maximum Gasteiger partial charge on any atom is 0.338 e. The molecule has 0 fully saturated rings. The van der Waals surface area contributed by atoms with Crippen molar-refractivity contribution in [2.45, 2.75) is 19.4 Å². The Kier molecular flexibility index (Phi) is 3.95. The molecule has 132 valence electrons. The van der Waals surface area contributed by atoms with E-state index in [2.05, 4.69) is 0 Å². The second-order valence-corrected chi connectivity index (χ2v) is 6.25. The van der Waals surface area contributed by atoms with Gasteiger partial charge >= 0.3 is 5.97 Å². The van der Waals surface area contributed by atoms with Crippen molar-refractivity contribution in [2.24, 2.45) is 0 Å². The first kappa shape index (κ1) is 16.3. The van der Waals surface area contributed by atoms with E-state index in [1.807, 2.05) is 0 Å². The number of nitrogens with zero attached hydrogens (tertiary/aromatic N) is 1. The Morgan fingerprint density at radius 3 is 2.50 bits per heavy atom. The molecule has 0 radical (unpaired) electrons. The maximum atomic E-state index is 12.5. The van der Waals surface area contributed by atoms with Gasteiger partial charge in [-0.2, -0.15) is 0 Å². The number of rotatable bonds is 4. The molecule has 2 amide bonds. The molecular formula is C20H17NO5. The van der Waals surface area contributed by atoms with E-state index >= 15 is 0 Å². The lowest BCUT2D eigenvalue weighted by Crippen LogP contribution is -2.38. The predicted octanol–water partition coefficient (Wildman–Crippen LogP) is 2.46. The molecule has 0 aromatic heterocycles. The average molecular weight is 351 g/mol.